The van der Waals surface area contributed by atoms with Crippen LogP contribution in [0.1, 0.15) is 19.8 Å². The van der Waals surface area contributed by atoms with Gasteiger partial charge in [-0.25, -0.2) is 4.98 Å². The molecule has 1 aliphatic rings. The molecule has 1 fully saturated rings. The van der Waals surface area contributed by atoms with Gasteiger partial charge in [0.15, 0.2) is 0 Å². The molecule has 2 heterocycles. The molecule has 3 rings (SSSR count). The van der Waals surface area contributed by atoms with E-state index in [-0.39, 0.29) is 11.9 Å². The summed E-state index contributed by atoms with van der Waals surface area (Å²) < 4.78 is 0. The number of halogens is 2. The first-order valence-electron chi connectivity index (χ1n) is 7.17. The Morgan fingerprint density at radius 3 is 2.50 bits per heavy atom. The Hall–Kier alpha value is -1.59. The van der Waals surface area contributed by atoms with E-state index < -0.39 is 0 Å². The van der Waals surface area contributed by atoms with Gasteiger partial charge in [-0.3, -0.25) is 9.78 Å². The van der Waals surface area contributed by atoms with Gasteiger partial charge in [0, 0.05) is 26.1 Å². The van der Waals surface area contributed by atoms with Crippen LogP contribution in [0.25, 0.3) is 11.0 Å². The smallest absolute Gasteiger partial charge is 0.217 e. The summed E-state index contributed by atoms with van der Waals surface area (Å²) in [6.45, 7) is 3.23. The van der Waals surface area contributed by atoms with E-state index in [0.29, 0.717) is 10.0 Å². The van der Waals surface area contributed by atoms with Crippen LogP contribution < -0.4 is 10.2 Å². The molecule has 1 aromatic carbocycles. The third-order valence-electron chi connectivity index (χ3n) is 3.80. The molecule has 0 unspecified atom stereocenters. The van der Waals surface area contributed by atoms with Gasteiger partial charge in [0.05, 0.1) is 27.3 Å². The number of carbonyl (C=O) groups is 1. The molecule has 0 saturated carbocycles. The molecule has 1 aliphatic heterocycles. The number of aromatic nitrogens is 2. The predicted octanol–water partition coefficient (Wildman–Crippen LogP) is 3.04. The van der Waals surface area contributed by atoms with Gasteiger partial charge >= 0.3 is 0 Å². The molecule has 1 saturated heterocycles. The molecule has 1 amide bonds. The van der Waals surface area contributed by atoms with E-state index in [2.05, 4.69) is 20.2 Å². The fourth-order valence-corrected chi connectivity index (χ4v) is 3.01. The topological polar surface area (TPSA) is 58.1 Å². The zero-order valence-corrected chi connectivity index (χ0v) is 13.7. The standard InChI is InChI=1S/C15H16Cl2N4O/c1-9(22)19-10-2-4-21(5-3-10)15-8-18-13-6-11(16)12(17)7-14(13)20-15/h6-8,10H,2-5H2,1H3,(H,19,22). The first-order valence-corrected chi connectivity index (χ1v) is 7.92. The van der Waals surface area contributed by atoms with Gasteiger partial charge in [0.2, 0.25) is 5.91 Å². The summed E-state index contributed by atoms with van der Waals surface area (Å²) in [5.74, 6) is 0.850. The minimum atomic E-state index is 0.0236. The van der Waals surface area contributed by atoms with Crippen molar-refractivity contribution in [2.45, 2.75) is 25.8 Å². The lowest BCUT2D eigenvalue weighted by Gasteiger charge is -2.32. The van der Waals surface area contributed by atoms with E-state index in [1.807, 2.05) is 0 Å². The lowest BCUT2D eigenvalue weighted by atomic mass is 10.1. The minimum absolute atomic E-state index is 0.0236. The number of fused-ring (bicyclic) bond motifs is 1. The van der Waals surface area contributed by atoms with E-state index in [9.17, 15) is 4.79 Å². The first-order chi connectivity index (χ1) is 10.5. The Balaban J connectivity index is 1.77. The molecule has 0 bridgehead atoms. The summed E-state index contributed by atoms with van der Waals surface area (Å²) >= 11 is 12.0. The molecular formula is C15H16Cl2N4O. The van der Waals surface area contributed by atoms with Crippen LogP contribution in [0, 0.1) is 0 Å². The Morgan fingerprint density at radius 2 is 1.86 bits per heavy atom. The molecule has 116 valence electrons. The van der Waals surface area contributed by atoms with Crippen LogP contribution in [-0.2, 0) is 4.79 Å². The van der Waals surface area contributed by atoms with E-state index in [1.54, 1.807) is 25.3 Å². The van der Waals surface area contributed by atoms with E-state index in [1.165, 1.54) is 0 Å². The highest BCUT2D eigenvalue weighted by molar-refractivity contribution is 6.42. The van der Waals surface area contributed by atoms with Gasteiger partial charge < -0.3 is 10.2 Å². The number of piperidine rings is 1. The number of hydrogen-bond donors (Lipinski definition) is 1. The maximum atomic E-state index is 11.1. The molecule has 5 nitrogen and oxygen atoms in total. The number of carbonyl (C=O) groups excluding carboxylic acids is 1. The average molecular weight is 339 g/mol. The second-order valence-corrected chi connectivity index (χ2v) is 6.26. The van der Waals surface area contributed by atoms with Crippen LogP contribution >= 0.6 is 23.2 Å². The third-order valence-corrected chi connectivity index (χ3v) is 4.52. The van der Waals surface area contributed by atoms with Crippen molar-refractivity contribution in [1.82, 2.24) is 15.3 Å². The van der Waals surface area contributed by atoms with Gasteiger partial charge in [0.1, 0.15) is 5.82 Å². The number of anilines is 1. The summed E-state index contributed by atoms with van der Waals surface area (Å²) in [6, 6.07) is 3.70. The molecule has 0 radical (unpaired) electrons. The number of benzene rings is 1. The second-order valence-electron chi connectivity index (χ2n) is 5.45. The van der Waals surface area contributed by atoms with Crippen molar-refractivity contribution in [2.24, 2.45) is 0 Å². The van der Waals surface area contributed by atoms with Crippen LogP contribution in [0.4, 0.5) is 5.82 Å². The molecule has 0 aliphatic carbocycles. The number of amides is 1. The van der Waals surface area contributed by atoms with E-state index in [0.717, 1.165) is 42.8 Å². The largest absolute Gasteiger partial charge is 0.355 e. The molecule has 0 atom stereocenters. The lowest BCUT2D eigenvalue weighted by molar-refractivity contribution is -0.119. The molecule has 1 aromatic heterocycles. The number of hydrogen-bond acceptors (Lipinski definition) is 4. The van der Waals surface area contributed by atoms with Gasteiger partial charge in [-0.05, 0) is 25.0 Å². The predicted molar refractivity (Wildman–Crippen MR) is 88.6 cm³/mol. The van der Waals surface area contributed by atoms with E-state index >= 15 is 0 Å². The normalized spacial score (nSPS) is 16.0. The van der Waals surface area contributed by atoms with Crippen LogP contribution in [0.15, 0.2) is 18.3 Å². The van der Waals surface area contributed by atoms with Crippen molar-refractivity contribution < 1.29 is 4.79 Å². The van der Waals surface area contributed by atoms with Crippen LogP contribution in [-0.4, -0.2) is 35.0 Å². The van der Waals surface area contributed by atoms with Crippen molar-refractivity contribution in [2.75, 3.05) is 18.0 Å². The van der Waals surface area contributed by atoms with Crippen molar-refractivity contribution in [1.29, 1.82) is 0 Å². The van der Waals surface area contributed by atoms with Crippen molar-refractivity contribution >= 4 is 46.0 Å². The highest BCUT2D eigenvalue weighted by Gasteiger charge is 2.21. The zero-order valence-electron chi connectivity index (χ0n) is 12.1. The maximum Gasteiger partial charge on any atom is 0.217 e. The summed E-state index contributed by atoms with van der Waals surface area (Å²) in [5.41, 5.74) is 1.46. The van der Waals surface area contributed by atoms with Gasteiger partial charge in [-0.1, -0.05) is 23.2 Å². The SMILES string of the molecule is CC(=O)NC1CCN(c2cnc3cc(Cl)c(Cl)cc3n2)CC1. The average Bonchev–Trinajstić information content (AvgIpc) is 2.48. The quantitative estimate of drug-likeness (QED) is 0.914. The number of nitrogens with one attached hydrogen (secondary N) is 1. The maximum absolute atomic E-state index is 11.1. The Bertz CT molecular complexity index is 714. The fourth-order valence-electron chi connectivity index (χ4n) is 2.69. The molecule has 1 N–H and O–H groups in total. The Morgan fingerprint density at radius 1 is 1.23 bits per heavy atom. The minimum Gasteiger partial charge on any atom is -0.355 e. The van der Waals surface area contributed by atoms with Crippen LogP contribution in [0.5, 0.6) is 0 Å². The van der Waals surface area contributed by atoms with Crippen molar-refractivity contribution in [3.05, 3.63) is 28.4 Å². The Labute approximate surface area is 138 Å². The third kappa shape index (κ3) is 3.25. The van der Waals surface area contributed by atoms with Gasteiger partial charge in [-0.2, -0.15) is 0 Å². The van der Waals surface area contributed by atoms with Gasteiger partial charge in [-0.15, -0.1) is 0 Å². The van der Waals surface area contributed by atoms with Crippen LogP contribution in [0.2, 0.25) is 10.0 Å². The highest BCUT2D eigenvalue weighted by atomic mass is 35.5. The first kappa shape index (κ1) is 15.3. The number of rotatable bonds is 2. The lowest BCUT2D eigenvalue weighted by Crippen LogP contribution is -2.44. The molecule has 2 aromatic rings. The highest BCUT2D eigenvalue weighted by Crippen LogP contribution is 2.27. The molecular weight excluding hydrogens is 323 g/mol. The van der Waals surface area contributed by atoms with Gasteiger partial charge in [0.25, 0.3) is 0 Å². The summed E-state index contributed by atoms with van der Waals surface area (Å²) in [5, 5.41) is 3.92. The summed E-state index contributed by atoms with van der Waals surface area (Å²) in [6.07, 6.45) is 3.56. The fraction of sp³-hybridized carbons (Fsp3) is 0.400. The summed E-state index contributed by atoms with van der Waals surface area (Å²) in [7, 11) is 0. The molecule has 0 spiro atoms. The Kier molecular flexibility index (Phi) is 4.36. The summed E-state index contributed by atoms with van der Waals surface area (Å²) in [4.78, 5) is 22.3. The van der Waals surface area contributed by atoms with Crippen LogP contribution in [0.3, 0.4) is 0 Å². The zero-order chi connectivity index (χ0) is 15.7. The molecule has 7 heteroatoms. The van der Waals surface area contributed by atoms with Crippen molar-refractivity contribution in [3.8, 4) is 0 Å². The number of nitrogens with zero attached hydrogens (tertiary/aromatic N) is 3. The second kappa shape index (κ2) is 6.26. The van der Waals surface area contributed by atoms with E-state index in [4.69, 9.17) is 23.2 Å². The van der Waals surface area contributed by atoms with Crippen molar-refractivity contribution in [3.63, 3.8) is 0 Å². The monoisotopic (exact) mass is 338 g/mol. The molecule has 22 heavy (non-hydrogen) atoms.